The van der Waals surface area contributed by atoms with E-state index in [1.807, 2.05) is 7.05 Å². The molecule has 0 bridgehead atoms. The summed E-state index contributed by atoms with van der Waals surface area (Å²) < 4.78 is 4.39. The SMILES string of the molecule is CCc1nsc(N2CCN(C(=NC)NCc3nc(C)c(C)s3)CC2)n1.I. The molecule has 7 nitrogen and oxygen atoms in total. The first-order valence-corrected chi connectivity index (χ1v) is 10.2. The van der Waals surface area contributed by atoms with E-state index in [1.54, 1.807) is 11.3 Å². The Hall–Kier alpha value is -1.01. The molecule has 2 aromatic heterocycles. The van der Waals surface area contributed by atoms with Crippen molar-refractivity contribution in [3.05, 3.63) is 21.4 Å². The van der Waals surface area contributed by atoms with E-state index >= 15 is 0 Å². The molecule has 3 heterocycles. The predicted molar refractivity (Wildman–Crippen MR) is 120 cm³/mol. The second-order valence-corrected chi connectivity index (χ2v) is 7.99. The first-order chi connectivity index (χ1) is 12.1. The van der Waals surface area contributed by atoms with Gasteiger partial charge in [0.1, 0.15) is 10.8 Å². The number of nitrogens with one attached hydrogen (secondary N) is 1. The van der Waals surface area contributed by atoms with Crippen LogP contribution in [-0.2, 0) is 13.0 Å². The van der Waals surface area contributed by atoms with Crippen LogP contribution in [0.15, 0.2) is 4.99 Å². The highest BCUT2D eigenvalue weighted by atomic mass is 127. The lowest BCUT2D eigenvalue weighted by molar-refractivity contribution is 0.372. The molecule has 1 saturated heterocycles. The van der Waals surface area contributed by atoms with E-state index in [1.165, 1.54) is 16.4 Å². The summed E-state index contributed by atoms with van der Waals surface area (Å²) in [5, 5.41) is 5.59. The van der Waals surface area contributed by atoms with E-state index in [-0.39, 0.29) is 24.0 Å². The van der Waals surface area contributed by atoms with Crippen molar-refractivity contribution in [2.24, 2.45) is 4.99 Å². The third-order valence-electron chi connectivity index (χ3n) is 4.31. The largest absolute Gasteiger partial charge is 0.350 e. The van der Waals surface area contributed by atoms with Gasteiger partial charge in [-0.3, -0.25) is 4.99 Å². The van der Waals surface area contributed by atoms with Gasteiger partial charge in [-0.05, 0) is 13.8 Å². The van der Waals surface area contributed by atoms with Crippen molar-refractivity contribution >= 4 is 57.9 Å². The summed E-state index contributed by atoms with van der Waals surface area (Å²) in [6, 6.07) is 0. The molecule has 0 aromatic carbocycles. The zero-order chi connectivity index (χ0) is 17.8. The third kappa shape index (κ3) is 5.03. The van der Waals surface area contributed by atoms with Gasteiger partial charge >= 0.3 is 0 Å². The Morgan fingerprint density at radius 3 is 2.46 bits per heavy atom. The van der Waals surface area contributed by atoms with Gasteiger partial charge in [-0.15, -0.1) is 35.3 Å². The Labute approximate surface area is 180 Å². The van der Waals surface area contributed by atoms with Gasteiger partial charge in [-0.2, -0.15) is 4.37 Å². The van der Waals surface area contributed by atoms with Crippen LogP contribution in [0.25, 0.3) is 0 Å². The molecule has 10 heteroatoms. The summed E-state index contributed by atoms with van der Waals surface area (Å²) in [7, 11) is 1.84. The molecule has 0 aliphatic carbocycles. The lowest BCUT2D eigenvalue weighted by Gasteiger charge is -2.36. The van der Waals surface area contributed by atoms with Crippen LogP contribution in [0.5, 0.6) is 0 Å². The number of halogens is 1. The van der Waals surface area contributed by atoms with E-state index in [9.17, 15) is 0 Å². The lowest BCUT2D eigenvalue weighted by atomic mass is 10.3. The predicted octanol–water partition coefficient (Wildman–Crippen LogP) is 2.69. The average molecular weight is 507 g/mol. The van der Waals surface area contributed by atoms with E-state index in [4.69, 9.17) is 0 Å². The fourth-order valence-electron chi connectivity index (χ4n) is 2.73. The maximum absolute atomic E-state index is 4.59. The molecule has 2 aromatic rings. The summed E-state index contributed by atoms with van der Waals surface area (Å²) >= 11 is 3.25. The fourth-order valence-corrected chi connectivity index (χ4v) is 4.40. The van der Waals surface area contributed by atoms with Crippen LogP contribution >= 0.6 is 46.8 Å². The number of guanidine groups is 1. The molecule has 1 aliphatic rings. The molecule has 0 radical (unpaired) electrons. The standard InChI is InChI=1S/C16H25N7S2.HI/c1-5-13-20-16(25-21-13)23-8-6-22(7-9-23)15(17-4)18-10-14-19-11(2)12(3)24-14;/h5-10H2,1-4H3,(H,17,18);1H. The number of anilines is 1. The molecule has 3 rings (SSSR count). The van der Waals surface area contributed by atoms with Crippen LogP contribution in [0.2, 0.25) is 0 Å². The summed E-state index contributed by atoms with van der Waals surface area (Å²) in [4.78, 5) is 19.5. The number of rotatable bonds is 4. The van der Waals surface area contributed by atoms with Crippen molar-refractivity contribution in [3.8, 4) is 0 Å². The maximum atomic E-state index is 4.59. The van der Waals surface area contributed by atoms with E-state index in [0.717, 1.165) is 66.8 Å². The van der Waals surface area contributed by atoms with Crippen LogP contribution in [0.3, 0.4) is 0 Å². The topological polar surface area (TPSA) is 69.5 Å². The minimum absolute atomic E-state index is 0. The van der Waals surface area contributed by atoms with E-state index < -0.39 is 0 Å². The molecule has 1 fully saturated rings. The fraction of sp³-hybridized carbons (Fsp3) is 0.625. The Bertz CT molecular complexity index is 715. The Balaban J connectivity index is 0.00000243. The highest BCUT2D eigenvalue weighted by Crippen LogP contribution is 2.19. The van der Waals surface area contributed by atoms with Crippen molar-refractivity contribution in [1.29, 1.82) is 0 Å². The number of thiazole rings is 1. The number of piperazine rings is 1. The lowest BCUT2D eigenvalue weighted by Crippen LogP contribution is -2.52. The van der Waals surface area contributed by atoms with E-state index in [0.29, 0.717) is 0 Å². The van der Waals surface area contributed by atoms with Gasteiger partial charge in [0.05, 0.1) is 12.2 Å². The Kier molecular flexibility index (Phi) is 8.02. The van der Waals surface area contributed by atoms with Crippen molar-refractivity contribution in [2.45, 2.75) is 33.7 Å². The smallest absolute Gasteiger partial charge is 0.205 e. The third-order valence-corrected chi connectivity index (χ3v) is 6.19. The van der Waals surface area contributed by atoms with Crippen LogP contribution in [0, 0.1) is 13.8 Å². The molecule has 26 heavy (non-hydrogen) atoms. The van der Waals surface area contributed by atoms with Gasteiger partial charge in [-0.1, -0.05) is 6.92 Å². The monoisotopic (exact) mass is 507 g/mol. The Morgan fingerprint density at radius 2 is 1.92 bits per heavy atom. The Morgan fingerprint density at radius 1 is 1.19 bits per heavy atom. The normalized spacial score (nSPS) is 15.2. The van der Waals surface area contributed by atoms with E-state index in [2.05, 4.69) is 55.2 Å². The summed E-state index contributed by atoms with van der Waals surface area (Å²) in [5.41, 5.74) is 1.12. The van der Waals surface area contributed by atoms with Crippen LogP contribution in [0.1, 0.15) is 28.3 Å². The quantitative estimate of drug-likeness (QED) is 0.390. The van der Waals surface area contributed by atoms with Crippen molar-refractivity contribution in [2.75, 3.05) is 38.1 Å². The molecule has 1 N–H and O–H groups in total. The van der Waals surface area contributed by atoms with Crippen molar-refractivity contribution < 1.29 is 0 Å². The molecule has 144 valence electrons. The zero-order valence-electron chi connectivity index (χ0n) is 15.7. The number of aromatic nitrogens is 3. The van der Waals surface area contributed by atoms with Gasteiger partial charge in [-0.25, -0.2) is 9.97 Å². The molecular weight excluding hydrogens is 481 g/mol. The number of hydrogen-bond donors (Lipinski definition) is 1. The average Bonchev–Trinajstić information content (AvgIpc) is 3.23. The van der Waals surface area contributed by atoms with Gasteiger partial charge in [0.15, 0.2) is 5.96 Å². The number of hydrogen-bond acceptors (Lipinski definition) is 7. The molecule has 1 aliphatic heterocycles. The molecule has 0 saturated carbocycles. The van der Waals surface area contributed by atoms with Crippen molar-refractivity contribution in [3.63, 3.8) is 0 Å². The summed E-state index contributed by atoms with van der Waals surface area (Å²) in [6.07, 6.45) is 0.892. The first-order valence-electron chi connectivity index (χ1n) is 8.56. The molecule has 0 spiro atoms. The molecule has 0 unspecified atom stereocenters. The highest BCUT2D eigenvalue weighted by molar-refractivity contribution is 14.0. The maximum Gasteiger partial charge on any atom is 0.205 e. The number of nitrogens with zero attached hydrogens (tertiary/aromatic N) is 6. The second-order valence-electron chi connectivity index (χ2n) is 5.97. The first kappa shape index (κ1) is 21.3. The summed E-state index contributed by atoms with van der Waals surface area (Å²) in [5.74, 6) is 1.88. The minimum Gasteiger partial charge on any atom is -0.350 e. The minimum atomic E-state index is 0. The second kappa shape index (κ2) is 9.79. The molecule has 0 atom stereocenters. The molecular formula is C16H26IN7S2. The van der Waals surface area contributed by atoms with Gasteiger partial charge in [0.2, 0.25) is 5.13 Å². The number of aryl methyl sites for hydroxylation is 3. The zero-order valence-corrected chi connectivity index (χ0v) is 19.6. The molecule has 0 amide bonds. The van der Waals surface area contributed by atoms with Crippen molar-refractivity contribution in [1.82, 2.24) is 24.6 Å². The van der Waals surface area contributed by atoms with Crippen LogP contribution in [0.4, 0.5) is 5.13 Å². The van der Waals surface area contributed by atoms with Crippen LogP contribution < -0.4 is 10.2 Å². The number of aliphatic imine (C=N–C) groups is 1. The highest BCUT2D eigenvalue weighted by Gasteiger charge is 2.22. The van der Waals surface area contributed by atoms with Gasteiger partial charge in [0.25, 0.3) is 0 Å². The van der Waals surface area contributed by atoms with Gasteiger partial charge < -0.3 is 15.1 Å². The summed E-state index contributed by atoms with van der Waals surface area (Å²) in [6.45, 7) is 10.7. The van der Waals surface area contributed by atoms with Gasteiger partial charge in [0, 0.05) is 56.1 Å². The van der Waals surface area contributed by atoms with Crippen LogP contribution in [-0.4, -0.2) is 58.4 Å².